The summed E-state index contributed by atoms with van der Waals surface area (Å²) in [6, 6.07) is 7.20. The van der Waals surface area contributed by atoms with Gasteiger partial charge in [-0.05, 0) is 43.6 Å². The second kappa shape index (κ2) is 6.89. The van der Waals surface area contributed by atoms with Crippen molar-refractivity contribution in [3.05, 3.63) is 29.3 Å². The largest absolute Gasteiger partial charge is 0.330 e. The van der Waals surface area contributed by atoms with E-state index in [4.69, 9.17) is 17.3 Å². The van der Waals surface area contributed by atoms with Crippen molar-refractivity contribution in [3.8, 4) is 0 Å². The van der Waals surface area contributed by atoms with Gasteiger partial charge in [0.1, 0.15) is 0 Å². The summed E-state index contributed by atoms with van der Waals surface area (Å²) in [7, 11) is 0. The van der Waals surface area contributed by atoms with Gasteiger partial charge in [0.15, 0.2) is 0 Å². The molecule has 1 atom stereocenters. The topological polar surface area (TPSA) is 58.4 Å². The van der Waals surface area contributed by atoms with Crippen LogP contribution in [0.5, 0.6) is 0 Å². The number of rotatable bonds is 5. The minimum Gasteiger partial charge on any atom is -0.330 e. The van der Waals surface area contributed by atoms with Gasteiger partial charge in [0.05, 0.1) is 0 Å². The number of nitrogens with zero attached hydrogens (tertiary/aromatic N) is 1. The molecule has 1 saturated heterocycles. The molecule has 1 unspecified atom stereocenters. The zero-order valence-electron chi connectivity index (χ0n) is 10.9. The highest BCUT2D eigenvalue weighted by Crippen LogP contribution is 2.16. The third-order valence-electron chi connectivity index (χ3n) is 3.47. The maximum absolute atomic E-state index is 11.8. The van der Waals surface area contributed by atoms with Crippen LogP contribution >= 0.6 is 11.6 Å². The molecule has 19 heavy (non-hydrogen) atoms. The Morgan fingerprint density at radius 1 is 1.53 bits per heavy atom. The summed E-state index contributed by atoms with van der Waals surface area (Å²) in [5.74, 6) is 0.620. The molecule has 104 valence electrons. The highest BCUT2D eigenvalue weighted by atomic mass is 35.5. The van der Waals surface area contributed by atoms with Gasteiger partial charge in [0.2, 0.25) is 5.91 Å². The number of carbonyl (C=O) groups is 1. The first-order chi connectivity index (χ1) is 9.17. The first-order valence-corrected chi connectivity index (χ1v) is 7.03. The first-order valence-electron chi connectivity index (χ1n) is 6.65. The van der Waals surface area contributed by atoms with Crippen molar-refractivity contribution >= 4 is 23.2 Å². The molecule has 1 fully saturated rings. The van der Waals surface area contributed by atoms with E-state index in [0.717, 1.165) is 38.3 Å². The smallest absolute Gasteiger partial charge is 0.225 e. The molecular formula is C14H20ClN3O. The molecule has 1 aromatic rings. The number of amides is 1. The number of benzene rings is 1. The number of carbonyl (C=O) groups excluding carboxylic acids is 1. The predicted octanol–water partition coefficient (Wildman–Crippen LogP) is 1.95. The fourth-order valence-corrected chi connectivity index (χ4v) is 2.55. The third kappa shape index (κ3) is 4.49. The van der Waals surface area contributed by atoms with E-state index in [2.05, 4.69) is 10.2 Å². The molecule has 0 bridgehead atoms. The van der Waals surface area contributed by atoms with Crippen molar-refractivity contribution < 1.29 is 4.79 Å². The first kappa shape index (κ1) is 14.3. The molecule has 0 radical (unpaired) electrons. The zero-order chi connectivity index (χ0) is 13.7. The van der Waals surface area contributed by atoms with Gasteiger partial charge in [0, 0.05) is 30.2 Å². The molecule has 5 heteroatoms. The maximum atomic E-state index is 11.8. The molecule has 0 aliphatic carbocycles. The fourth-order valence-electron chi connectivity index (χ4n) is 2.36. The van der Waals surface area contributed by atoms with Crippen molar-refractivity contribution in [1.82, 2.24) is 4.90 Å². The number of hydrogen-bond acceptors (Lipinski definition) is 3. The van der Waals surface area contributed by atoms with Crippen molar-refractivity contribution in [2.45, 2.75) is 12.8 Å². The zero-order valence-corrected chi connectivity index (χ0v) is 11.7. The molecule has 1 aromatic carbocycles. The highest BCUT2D eigenvalue weighted by molar-refractivity contribution is 6.30. The summed E-state index contributed by atoms with van der Waals surface area (Å²) in [6.45, 7) is 3.60. The summed E-state index contributed by atoms with van der Waals surface area (Å²) in [6.07, 6.45) is 1.65. The van der Waals surface area contributed by atoms with E-state index in [1.807, 2.05) is 12.1 Å². The average Bonchev–Trinajstić information content (AvgIpc) is 2.84. The molecule has 1 heterocycles. The van der Waals surface area contributed by atoms with Crippen molar-refractivity contribution in [2.75, 3.05) is 31.5 Å². The van der Waals surface area contributed by atoms with Crippen LogP contribution in [0.1, 0.15) is 12.8 Å². The molecular weight excluding hydrogens is 262 g/mol. The van der Waals surface area contributed by atoms with Crippen LogP contribution in [-0.2, 0) is 4.79 Å². The minimum atomic E-state index is 0.0264. The van der Waals surface area contributed by atoms with E-state index in [0.29, 0.717) is 17.4 Å². The lowest BCUT2D eigenvalue weighted by Gasteiger charge is -2.15. The summed E-state index contributed by atoms with van der Waals surface area (Å²) >= 11 is 5.87. The number of nitrogens with two attached hydrogens (primary N) is 1. The Morgan fingerprint density at radius 2 is 2.37 bits per heavy atom. The maximum Gasteiger partial charge on any atom is 0.225 e. The third-order valence-corrected chi connectivity index (χ3v) is 3.70. The molecule has 1 aliphatic rings. The van der Waals surface area contributed by atoms with Crippen LogP contribution in [0.2, 0.25) is 5.02 Å². The standard InChI is InChI=1S/C14H20ClN3O/c15-12-2-1-3-13(8-12)17-14(19)5-7-18-6-4-11(9-16)10-18/h1-3,8,11H,4-7,9-10,16H2,(H,17,19). The van der Waals surface area contributed by atoms with Crippen LogP contribution in [0.3, 0.4) is 0 Å². The number of halogens is 1. The lowest BCUT2D eigenvalue weighted by molar-refractivity contribution is -0.116. The van der Waals surface area contributed by atoms with E-state index >= 15 is 0 Å². The van der Waals surface area contributed by atoms with E-state index in [1.54, 1.807) is 12.1 Å². The average molecular weight is 282 g/mol. The Balaban J connectivity index is 1.73. The molecule has 4 nitrogen and oxygen atoms in total. The highest BCUT2D eigenvalue weighted by Gasteiger charge is 2.21. The van der Waals surface area contributed by atoms with Gasteiger partial charge >= 0.3 is 0 Å². The number of anilines is 1. The number of hydrogen-bond donors (Lipinski definition) is 2. The normalized spacial score (nSPS) is 19.6. The quantitative estimate of drug-likeness (QED) is 0.867. The second-order valence-electron chi connectivity index (χ2n) is 5.00. The van der Waals surface area contributed by atoms with E-state index in [9.17, 15) is 4.79 Å². The predicted molar refractivity (Wildman–Crippen MR) is 78.3 cm³/mol. The van der Waals surface area contributed by atoms with Crippen LogP contribution in [0.25, 0.3) is 0 Å². The van der Waals surface area contributed by atoms with Gasteiger partial charge in [-0.1, -0.05) is 17.7 Å². The molecule has 1 amide bonds. The summed E-state index contributed by atoms with van der Waals surface area (Å²) in [5.41, 5.74) is 6.40. The van der Waals surface area contributed by atoms with Gasteiger partial charge in [0.25, 0.3) is 0 Å². The van der Waals surface area contributed by atoms with Crippen molar-refractivity contribution in [1.29, 1.82) is 0 Å². The lowest BCUT2D eigenvalue weighted by Crippen LogP contribution is -2.27. The fraction of sp³-hybridized carbons (Fsp3) is 0.500. The Hall–Kier alpha value is -1.10. The van der Waals surface area contributed by atoms with Crippen LogP contribution in [-0.4, -0.2) is 37.0 Å². The molecule has 0 saturated carbocycles. The Bertz CT molecular complexity index is 438. The van der Waals surface area contributed by atoms with E-state index < -0.39 is 0 Å². The summed E-state index contributed by atoms with van der Waals surface area (Å²) < 4.78 is 0. The second-order valence-corrected chi connectivity index (χ2v) is 5.44. The molecule has 1 aliphatic heterocycles. The monoisotopic (exact) mass is 281 g/mol. The Kier molecular flexibility index (Phi) is 5.19. The van der Waals surface area contributed by atoms with E-state index in [-0.39, 0.29) is 5.91 Å². The van der Waals surface area contributed by atoms with Gasteiger partial charge < -0.3 is 16.0 Å². The minimum absolute atomic E-state index is 0.0264. The lowest BCUT2D eigenvalue weighted by atomic mass is 10.1. The summed E-state index contributed by atoms with van der Waals surface area (Å²) in [4.78, 5) is 14.1. The molecule has 3 N–H and O–H groups in total. The van der Waals surface area contributed by atoms with Crippen LogP contribution < -0.4 is 11.1 Å². The van der Waals surface area contributed by atoms with Crippen molar-refractivity contribution in [3.63, 3.8) is 0 Å². The van der Waals surface area contributed by atoms with Crippen molar-refractivity contribution in [2.24, 2.45) is 11.7 Å². The Morgan fingerprint density at radius 3 is 3.05 bits per heavy atom. The molecule has 0 aromatic heterocycles. The SMILES string of the molecule is NCC1CCN(CCC(=O)Nc2cccc(Cl)c2)C1. The van der Waals surface area contributed by atoms with E-state index in [1.165, 1.54) is 0 Å². The summed E-state index contributed by atoms with van der Waals surface area (Å²) in [5, 5.41) is 3.49. The van der Waals surface area contributed by atoms with Crippen LogP contribution in [0.15, 0.2) is 24.3 Å². The van der Waals surface area contributed by atoms with Gasteiger partial charge in [-0.2, -0.15) is 0 Å². The van der Waals surface area contributed by atoms with Gasteiger partial charge in [-0.3, -0.25) is 4.79 Å². The Labute approximate surface area is 118 Å². The van der Waals surface area contributed by atoms with Crippen LogP contribution in [0, 0.1) is 5.92 Å². The molecule has 2 rings (SSSR count). The van der Waals surface area contributed by atoms with Crippen LogP contribution in [0.4, 0.5) is 5.69 Å². The number of likely N-dealkylation sites (tertiary alicyclic amines) is 1. The van der Waals surface area contributed by atoms with Gasteiger partial charge in [-0.25, -0.2) is 0 Å². The van der Waals surface area contributed by atoms with Gasteiger partial charge in [-0.15, -0.1) is 0 Å². The molecule has 0 spiro atoms. The number of nitrogens with one attached hydrogen (secondary N) is 1.